The maximum absolute atomic E-state index is 9.15. The average molecular weight is 237 g/mol. The molecular weight excluding hydrogens is 214 g/mol. The van der Waals surface area contributed by atoms with Crippen LogP contribution in [0.15, 0.2) is 12.1 Å². The molecule has 3 nitrogen and oxygen atoms in total. The molecule has 1 aromatic rings. The smallest absolute Gasteiger partial charge is 0.122 e. The number of nitrogens with one attached hydrogen (secondary N) is 1. The summed E-state index contributed by atoms with van der Waals surface area (Å²) in [5.41, 5.74) is 3.49. The van der Waals surface area contributed by atoms with Gasteiger partial charge >= 0.3 is 0 Å². The summed E-state index contributed by atoms with van der Waals surface area (Å²) >= 11 is 0. The standard InChI is InChI=1S/C14H23NO2/c1-5-12(9-16)8-15-13-6-7-14(17-4)11(3)10(13)2/h6-7,12,15-16H,5,8-9H2,1-4H3. The van der Waals surface area contributed by atoms with E-state index in [1.807, 2.05) is 12.1 Å². The van der Waals surface area contributed by atoms with Crippen LogP contribution in [0.3, 0.4) is 0 Å². The molecular formula is C14H23NO2. The number of methoxy groups -OCH3 is 1. The number of hydrogen-bond acceptors (Lipinski definition) is 3. The number of ether oxygens (including phenoxy) is 1. The van der Waals surface area contributed by atoms with Gasteiger partial charge in [0.05, 0.1) is 7.11 Å². The van der Waals surface area contributed by atoms with Crippen molar-refractivity contribution < 1.29 is 9.84 Å². The molecule has 96 valence electrons. The average Bonchev–Trinajstić information content (AvgIpc) is 2.35. The van der Waals surface area contributed by atoms with Gasteiger partial charge in [-0.15, -0.1) is 0 Å². The van der Waals surface area contributed by atoms with Gasteiger partial charge in [-0.3, -0.25) is 0 Å². The molecule has 1 unspecified atom stereocenters. The summed E-state index contributed by atoms with van der Waals surface area (Å²) < 4.78 is 5.28. The molecule has 0 spiro atoms. The SMILES string of the molecule is CCC(CO)CNc1ccc(OC)c(C)c1C. The van der Waals surface area contributed by atoms with Crippen LogP contribution in [0.2, 0.25) is 0 Å². The van der Waals surface area contributed by atoms with Crippen molar-refractivity contribution in [1.29, 1.82) is 0 Å². The third kappa shape index (κ3) is 3.37. The minimum absolute atomic E-state index is 0.234. The van der Waals surface area contributed by atoms with E-state index in [2.05, 4.69) is 26.1 Å². The second-order valence-electron chi connectivity index (χ2n) is 4.40. The molecule has 2 N–H and O–H groups in total. The van der Waals surface area contributed by atoms with Gasteiger partial charge in [-0.2, -0.15) is 0 Å². The minimum atomic E-state index is 0.234. The maximum Gasteiger partial charge on any atom is 0.122 e. The van der Waals surface area contributed by atoms with Crippen LogP contribution in [0.5, 0.6) is 5.75 Å². The van der Waals surface area contributed by atoms with Crippen molar-refractivity contribution in [2.45, 2.75) is 27.2 Å². The summed E-state index contributed by atoms with van der Waals surface area (Å²) in [5, 5.41) is 12.5. The Kier molecular flexibility index (Phi) is 5.29. The molecule has 0 aromatic heterocycles. The Bertz CT molecular complexity index is 359. The molecule has 0 bridgehead atoms. The maximum atomic E-state index is 9.15. The Morgan fingerprint density at radius 3 is 2.53 bits per heavy atom. The number of rotatable bonds is 6. The summed E-state index contributed by atoms with van der Waals surface area (Å²) in [4.78, 5) is 0. The number of hydrogen-bond donors (Lipinski definition) is 2. The normalized spacial score (nSPS) is 12.3. The molecule has 0 amide bonds. The molecule has 1 aromatic carbocycles. The lowest BCUT2D eigenvalue weighted by molar-refractivity contribution is 0.230. The van der Waals surface area contributed by atoms with Gasteiger partial charge in [0.1, 0.15) is 5.75 Å². The zero-order valence-corrected chi connectivity index (χ0v) is 11.2. The number of aliphatic hydroxyl groups is 1. The molecule has 0 saturated carbocycles. The van der Waals surface area contributed by atoms with Crippen molar-refractivity contribution in [3.05, 3.63) is 23.3 Å². The van der Waals surface area contributed by atoms with Crippen molar-refractivity contribution >= 4 is 5.69 Å². The van der Waals surface area contributed by atoms with Gasteiger partial charge < -0.3 is 15.2 Å². The Morgan fingerprint density at radius 2 is 2.00 bits per heavy atom. The first-order chi connectivity index (χ1) is 8.13. The largest absolute Gasteiger partial charge is 0.496 e. The lowest BCUT2D eigenvalue weighted by Crippen LogP contribution is -2.17. The van der Waals surface area contributed by atoms with Gasteiger partial charge in [-0.25, -0.2) is 0 Å². The van der Waals surface area contributed by atoms with E-state index in [-0.39, 0.29) is 6.61 Å². The van der Waals surface area contributed by atoms with E-state index in [0.29, 0.717) is 5.92 Å². The monoisotopic (exact) mass is 237 g/mol. The van der Waals surface area contributed by atoms with Gasteiger partial charge in [-0.05, 0) is 49.4 Å². The van der Waals surface area contributed by atoms with E-state index in [1.54, 1.807) is 7.11 Å². The third-order valence-electron chi connectivity index (χ3n) is 3.37. The number of benzene rings is 1. The predicted octanol–water partition coefficient (Wildman–Crippen LogP) is 2.74. The molecule has 0 radical (unpaired) electrons. The Morgan fingerprint density at radius 1 is 1.29 bits per heavy atom. The molecule has 3 heteroatoms. The summed E-state index contributed by atoms with van der Waals surface area (Å²) in [6.07, 6.45) is 0.984. The van der Waals surface area contributed by atoms with Crippen molar-refractivity contribution in [1.82, 2.24) is 0 Å². The van der Waals surface area contributed by atoms with Crippen molar-refractivity contribution in [3.8, 4) is 5.75 Å². The highest BCUT2D eigenvalue weighted by Gasteiger charge is 2.08. The third-order valence-corrected chi connectivity index (χ3v) is 3.37. The van der Waals surface area contributed by atoms with Crippen LogP contribution in [-0.4, -0.2) is 25.4 Å². The first kappa shape index (κ1) is 13.8. The van der Waals surface area contributed by atoms with Crippen molar-refractivity contribution in [2.24, 2.45) is 5.92 Å². The first-order valence-electron chi connectivity index (χ1n) is 6.12. The Labute approximate surface area is 104 Å². The van der Waals surface area contributed by atoms with E-state index in [9.17, 15) is 0 Å². The Balaban J connectivity index is 2.75. The lowest BCUT2D eigenvalue weighted by atomic mass is 10.0. The zero-order valence-electron chi connectivity index (χ0n) is 11.2. The fraction of sp³-hybridized carbons (Fsp3) is 0.571. The van der Waals surface area contributed by atoms with Gasteiger partial charge in [0, 0.05) is 18.8 Å². The zero-order chi connectivity index (χ0) is 12.8. The van der Waals surface area contributed by atoms with Gasteiger partial charge in [-0.1, -0.05) is 6.92 Å². The molecule has 0 heterocycles. The van der Waals surface area contributed by atoms with E-state index >= 15 is 0 Å². The molecule has 17 heavy (non-hydrogen) atoms. The van der Waals surface area contributed by atoms with Gasteiger partial charge in [0.2, 0.25) is 0 Å². The van der Waals surface area contributed by atoms with Crippen molar-refractivity contribution in [3.63, 3.8) is 0 Å². The number of anilines is 1. The molecule has 1 atom stereocenters. The van der Waals surface area contributed by atoms with E-state index in [0.717, 1.165) is 30.0 Å². The van der Waals surface area contributed by atoms with Crippen LogP contribution in [0, 0.1) is 19.8 Å². The van der Waals surface area contributed by atoms with Crippen LogP contribution < -0.4 is 10.1 Å². The van der Waals surface area contributed by atoms with E-state index in [1.165, 1.54) is 5.56 Å². The highest BCUT2D eigenvalue weighted by Crippen LogP contribution is 2.27. The minimum Gasteiger partial charge on any atom is -0.496 e. The highest BCUT2D eigenvalue weighted by atomic mass is 16.5. The molecule has 1 rings (SSSR count). The molecule has 0 saturated heterocycles. The topological polar surface area (TPSA) is 41.5 Å². The Hall–Kier alpha value is -1.22. The molecule has 0 aliphatic carbocycles. The quantitative estimate of drug-likeness (QED) is 0.799. The van der Waals surface area contributed by atoms with Crippen LogP contribution in [0.4, 0.5) is 5.69 Å². The fourth-order valence-electron chi connectivity index (χ4n) is 1.80. The summed E-state index contributed by atoms with van der Waals surface area (Å²) in [6.45, 7) is 7.27. The summed E-state index contributed by atoms with van der Waals surface area (Å²) in [6, 6.07) is 4.01. The highest BCUT2D eigenvalue weighted by molar-refractivity contribution is 5.58. The lowest BCUT2D eigenvalue weighted by Gasteiger charge is -2.17. The van der Waals surface area contributed by atoms with Crippen LogP contribution in [0.25, 0.3) is 0 Å². The van der Waals surface area contributed by atoms with Crippen LogP contribution in [-0.2, 0) is 0 Å². The van der Waals surface area contributed by atoms with Crippen LogP contribution >= 0.6 is 0 Å². The van der Waals surface area contributed by atoms with Crippen molar-refractivity contribution in [2.75, 3.05) is 25.6 Å². The summed E-state index contributed by atoms with van der Waals surface area (Å²) in [5.74, 6) is 1.24. The fourth-order valence-corrected chi connectivity index (χ4v) is 1.80. The second kappa shape index (κ2) is 6.50. The molecule has 0 fully saturated rings. The number of aliphatic hydroxyl groups excluding tert-OH is 1. The molecule has 0 aliphatic heterocycles. The summed E-state index contributed by atoms with van der Waals surface area (Å²) in [7, 11) is 1.69. The predicted molar refractivity (Wildman–Crippen MR) is 71.8 cm³/mol. The van der Waals surface area contributed by atoms with Gasteiger partial charge in [0.25, 0.3) is 0 Å². The first-order valence-corrected chi connectivity index (χ1v) is 6.12. The van der Waals surface area contributed by atoms with Crippen LogP contribution in [0.1, 0.15) is 24.5 Å². The van der Waals surface area contributed by atoms with E-state index < -0.39 is 0 Å². The van der Waals surface area contributed by atoms with E-state index in [4.69, 9.17) is 9.84 Å². The van der Waals surface area contributed by atoms with Gasteiger partial charge in [0.15, 0.2) is 0 Å². The molecule has 0 aliphatic rings. The second-order valence-corrected chi connectivity index (χ2v) is 4.40.